The number of benzene rings is 1. The first-order valence-corrected chi connectivity index (χ1v) is 10.4. The number of hydrogen-bond donors (Lipinski definition) is 1. The lowest BCUT2D eigenvalue weighted by Gasteiger charge is -2.34. The minimum atomic E-state index is -0.311. The average Bonchev–Trinajstić information content (AvgIpc) is 2.88. The lowest BCUT2D eigenvalue weighted by atomic mass is 9.96. The van der Waals surface area contributed by atoms with Crippen LogP contribution in [0.3, 0.4) is 0 Å². The molecule has 4 heteroatoms. The SMILES string of the molecule is CC(=O)N[C@@H]1c2ccccc2C(=O)N1C1CCCCCCCCCCC1. The highest BCUT2D eigenvalue weighted by Gasteiger charge is 2.40. The van der Waals surface area contributed by atoms with Crippen molar-refractivity contribution in [2.24, 2.45) is 0 Å². The summed E-state index contributed by atoms with van der Waals surface area (Å²) in [6.07, 6.45) is 13.2. The standard InChI is InChI=1S/C22H32N2O2/c1-17(25)23-21-19-15-11-12-16-20(19)22(26)24(21)18-13-9-7-5-3-2-4-6-8-10-14-18/h11-12,15-16,18,21H,2-10,13-14H2,1H3,(H,23,25)/t21-/m0/s1. The van der Waals surface area contributed by atoms with Crippen molar-refractivity contribution >= 4 is 11.8 Å². The van der Waals surface area contributed by atoms with Crippen LogP contribution in [0.15, 0.2) is 24.3 Å². The maximum atomic E-state index is 13.1. The second-order valence-corrected chi connectivity index (χ2v) is 7.82. The zero-order chi connectivity index (χ0) is 18.4. The minimum Gasteiger partial charge on any atom is -0.332 e. The zero-order valence-corrected chi connectivity index (χ0v) is 16.0. The number of nitrogens with zero attached hydrogens (tertiary/aromatic N) is 1. The van der Waals surface area contributed by atoms with Crippen LogP contribution in [0.5, 0.6) is 0 Å². The first kappa shape index (κ1) is 18.9. The van der Waals surface area contributed by atoms with Crippen molar-refractivity contribution in [3.05, 3.63) is 35.4 Å². The van der Waals surface area contributed by atoms with Gasteiger partial charge in [0, 0.05) is 24.1 Å². The van der Waals surface area contributed by atoms with Gasteiger partial charge in [-0.1, -0.05) is 76.0 Å². The van der Waals surface area contributed by atoms with Gasteiger partial charge in [0.15, 0.2) is 0 Å². The molecule has 2 amide bonds. The molecule has 1 aliphatic heterocycles. The zero-order valence-electron chi connectivity index (χ0n) is 16.0. The summed E-state index contributed by atoms with van der Waals surface area (Å²) in [7, 11) is 0. The predicted molar refractivity (Wildman–Crippen MR) is 104 cm³/mol. The lowest BCUT2D eigenvalue weighted by molar-refractivity contribution is -0.120. The Bertz CT molecular complexity index is 616. The van der Waals surface area contributed by atoms with Crippen LogP contribution < -0.4 is 5.32 Å². The topological polar surface area (TPSA) is 49.4 Å². The summed E-state index contributed by atoms with van der Waals surface area (Å²) in [5.41, 5.74) is 1.69. The Morgan fingerprint density at radius 1 is 0.923 bits per heavy atom. The summed E-state index contributed by atoms with van der Waals surface area (Å²) in [5.74, 6) is -0.00546. The third-order valence-corrected chi connectivity index (χ3v) is 5.81. The first-order chi connectivity index (χ1) is 12.7. The quantitative estimate of drug-likeness (QED) is 0.815. The highest BCUT2D eigenvalue weighted by Crippen LogP contribution is 2.36. The number of carbonyl (C=O) groups is 2. The van der Waals surface area contributed by atoms with Crippen LogP contribution in [-0.4, -0.2) is 22.8 Å². The third kappa shape index (κ3) is 4.46. The second kappa shape index (κ2) is 9.20. The molecule has 0 aromatic heterocycles. The van der Waals surface area contributed by atoms with Gasteiger partial charge >= 0.3 is 0 Å². The van der Waals surface area contributed by atoms with E-state index in [-0.39, 0.29) is 24.0 Å². The lowest BCUT2D eigenvalue weighted by Crippen LogP contribution is -2.45. The summed E-state index contributed by atoms with van der Waals surface area (Å²) < 4.78 is 0. The number of carbonyl (C=O) groups excluding carboxylic acids is 2. The molecule has 1 aliphatic carbocycles. The van der Waals surface area contributed by atoms with Crippen molar-refractivity contribution in [2.75, 3.05) is 0 Å². The molecule has 1 atom stereocenters. The molecular weight excluding hydrogens is 324 g/mol. The van der Waals surface area contributed by atoms with Crippen LogP contribution in [0, 0.1) is 0 Å². The van der Waals surface area contributed by atoms with Crippen molar-refractivity contribution in [2.45, 2.75) is 89.8 Å². The van der Waals surface area contributed by atoms with Gasteiger partial charge in [0.25, 0.3) is 5.91 Å². The summed E-state index contributed by atoms with van der Waals surface area (Å²) in [6.45, 7) is 1.53. The van der Waals surface area contributed by atoms with E-state index in [0.717, 1.165) is 36.8 Å². The molecule has 3 rings (SSSR count). The molecule has 1 N–H and O–H groups in total. The van der Waals surface area contributed by atoms with Crippen molar-refractivity contribution < 1.29 is 9.59 Å². The number of fused-ring (bicyclic) bond motifs is 1. The molecule has 2 aliphatic rings. The maximum absolute atomic E-state index is 13.1. The van der Waals surface area contributed by atoms with Crippen LogP contribution in [-0.2, 0) is 4.79 Å². The van der Waals surface area contributed by atoms with E-state index in [1.807, 2.05) is 29.2 Å². The Morgan fingerprint density at radius 2 is 1.46 bits per heavy atom. The van der Waals surface area contributed by atoms with Gasteiger partial charge in [0.05, 0.1) is 0 Å². The van der Waals surface area contributed by atoms with Gasteiger partial charge in [-0.25, -0.2) is 0 Å². The van der Waals surface area contributed by atoms with E-state index < -0.39 is 0 Å². The van der Waals surface area contributed by atoms with Crippen molar-refractivity contribution in [3.8, 4) is 0 Å². The maximum Gasteiger partial charge on any atom is 0.256 e. The first-order valence-electron chi connectivity index (χ1n) is 10.4. The molecule has 0 unspecified atom stereocenters. The molecule has 1 fully saturated rings. The van der Waals surface area contributed by atoms with Gasteiger partial charge in [0.2, 0.25) is 5.91 Å². The van der Waals surface area contributed by atoms with E-state index in [4.69, 9.17) is 0 Å². The Balaban J connectivity index is 1.80. The van der Waals surface area contributed by atoms with Crippen molar-refractivity contribution in [1.29, 1.82) is 0 Å². The molecule has 4 nitrogen and oxygen atoms in total. The fourth-order valence-corrected chi connectivity index (χ4v) is 4.47. The summed E-state index contributed by atoms with van der Waals surface area (Å²) in [5, 5.41) is 3.03. The summed E-state index contributed by atoms with van der Waals surface area (Å²) in [4.78, 5) is 26.9. The second-order valence-electron chi connectivity index (χ2n) is 7.82. The van der Waals surface area contributed by atoms with Gasteiger partial charge in [-0.15, -0.1) is 0 Å². The van der Waals surface area contributed by atoms with Gasteiger partial charge in [-0.3, -0.25) is 9.59 Å². The molecule has 0 saturated heterocycles. The van der Waals surface area contributed by atoms with E-state index in [1.165, 1.54) is 51.9 Å². The number of rotatable bonds is 2. The smallest absolute Gasteiger partial charge is 0.256 e. The molecule has 1 heterocycles. The molecular formula is C22H32N2O2. The molecule has 0 spiro atoms. The van der Waals surface area contributed by atoms with E-state index in [9.17, 15) is 9.59 Å². The van der Waals surface area contributed by atoms with Crippen molar-refractivity contribution in [1.82, 2.24) is 10.2 Å². The highest BCUT2D eigenvalue weighted by molar-refractivity contribution is 5.99. The van der Waals surface area contributed by atoms with E-state index >= 15 is 0 Å². The summed E-state index contributed by atoms with van der Waals surface area (Å²) >= 11 is 0. The predicted octanol–water partition coefficient (Wildman–Crippen LogP) is 4.95. The average molecular weight is 357 g/mol. The molecule has 0 bridgehead atoms. The van der Waals surface area contributed by atoms with Crippen LogP contribution in [0.4, 0.5) is 0 Å². The van der Waals surface area contributed by atoms with Crippen LogP contribution in [0.2, 0.25) is 0 Å². The van der Waals surface area contributed by atoms with E-state index in [0.29, 0.717) is 0 Å². The van der Waals surface area contributed by atoms with Crippen LogP contribution >= 0.6 is 0 Å². The highest BCUT2D eigenvalue weighted by atomic mass is 16.2. The molecule has 1 saturated carbocycles. The molecule has 142 valence electrons. The normalized spacial score (nSPS) is 23.0. The largest absolute Gasteiger partial charge is 0.332 e. The van der Waals surface area contributed by atoms with Crippen molar-refractivity contribution in [3.63, 3.8) is 0 Å². The molecule has 1 aromatic carbocycles. The van der Waals surface area contributed by atoms with Gasteiger partial charge in [-0.05, 0) is 18.9 Å². The van der Waals surface area contributed by atoms with Gasteiger partial charge in [0.1, 0.15) is 6.17 Å². The van der Waals surface area contributed by atoms with Gasteiger partial charge < -0.3 is 10.2 Å². The fraction of sp³-hybridized carbons (Fsp3) is 0.636. The Hall–Kier alpha value is -1.84. The van der Waals surface area contributed by atoms with Crippen LogP contribution in [0.25, 0.3) is 0 Å². The van der Waals surface area contributed by atoms with E-state index in [1.54, 1.807) is 0 Å². The number of nitrogens with one attached hydrogen (secondary N) is 1. The minimum absolute atomic E-state index is 0.0800. The Morgan fingerprint density at radius 3 is 2.04 bits per heavy atom. The molecule has 26 heavy (non-hydrogen) atoms. The summed E-state index contributed by atoms with van der Waals surface area (Å²) in [6, 6.07) is 7.94. The fourth-order valence-electron chi connectivity index (χ4n) is 4.47. The monoisotopic (exact) mass is 356 g/mol. The van der Waals surface area contributed by atoms with Crippen LogP contribution in [0.1, 0.15) is 99.6 Å². The molecule has 1 aromatic rings. The number of amides is 2. The Kier molecular flexibility index (Phi) is 6.70. The Labute approximate surface area is 157 Å². The molecule has 0 radical (unpaired) electrons. The number of hydrogen-bond acceptors (Lipinski definition) is 2. The van der Waals surface area contributed by atoms with E-state index in [2.05, 4.69) is 5.32 Å². The van der Waals surface area contributed by atoms with Gasteiger partial charge in [-0.2, -0.15) is 0 Å². The third-order valence-electron chi connectivity index (χ3n) is 5.81.